The van der Waals surface area contributed by atoms with Crippen molar-refractivity contribution in [2.24, 2.45) is 0 Å². The molecule has 0 radical (unpaired) electrons. The van der Waals surface area contributed by atoms with Gasteiger partial charge in [0.1, 0.15) is 0 Å². The quantitative estimate of drug-likeness (QED) is 0.380. The van der Waals surface area contributed by atoms with Crippen LogP contribution in [-0.4, -0.2) is 44.4 Å². The summed E-state index contributed by atoms with van der Waals surface area (Å²) >= 11 is 1.61. The Bertz CT molecular complexity index is 1180. The van der Waals surface area contributed by atoms with Gasteiger partial charge in [0, 0.05) is 30.4 Å². The van der Waals surface area contributed by atoms with Crippen molar-refractivity contribution in [2.75, 3.05) is 6.54 Å². The van der Waals surface area contributed by atoms with Gasteiger partial charge in [-0.1, -0.05) is 6.07 Å². The molecular weight excluding hydrogens is 420 g/mol. The van der Waals surface area contributed by atoms with Crippen LogP contribution in [0.1, 0.15) is 30.1 Å². The number of ketones is 1. The smallest absolute Gasteiger partial charge is 0.250 e. The molecule has 0 aliphatic heterocycles. The van der Waals surface area contributed by atoms with Gasteiger partial charge < -0.3 is 5.32 Å². The predicted octanol–water partition coefficient (Wildman–Crippen LogP) is 4.73. The normalized spacial score (nSPS) is 12.5. The molecule has 0 saturated carbocycles. The van der Waals surface area contributed by atoms with E-state index in [0.717, 1.165) is 16.1 Å². The van der Waals surface area contributed by atoms with Crippen molar-refractivity contribution in [1.82, 2.24) is 24.9 Å². The molecule has 160 valence electrons. The lowest BCUT2D eigenvalue weighted by molar-refractivity contribution is 0.0974. The van der Waals surface area contributed by atoms with Crippen molar-refractivity contribution in [3.05, 3.63) is 59.9 Å². The van der Waals surface area contributed by atoms with Gasteiger partial charge in [0.15, 0.2) is 11.4 Å². The summed E-state index contributed by atoms with van der Waals surface area (Å²) in [6.07, 6.45) is 3.47. The van der Waals surface area contributed by atoms with Gasteiger partial charge in [-0.05, 0) is 43.0 Å². The monoisotopic (exact) mass is 441 g/mol. The van der Waals surface area contributed by atoms with E-state index in [1.807, 2.05) is 29.8 Å². The number of hydrogen-bond acceptors (Lipinski definition) is 6. The molecule has 0 aliphatic rings. The van der Waals surface area contributed by atoms with E-state index < -0.39 is 6.43 Å². The van der Waals surface area contributed by atoms with Crippen LogP contribution < -0.4 is 5.32 Å². The Balaban J connectivity index is 1.53. The highest BCUT2D eigenvalue weighted by Gasteiger charge is 2.15. The van der Waals surface area contributed by atoms with Crippen LogP contribution in [-0.2, 0) is 0 Å². The maximum absolute atomic E-state index is 12.6. The number of hydrogen-bond donors (Lipinski definition) is 1. The van der Waals surface area contributed by atoms with Gasteiger partial charge >= 0.3 is 0 Å². The average molecular weight is 442 g/mol. The number of thiophene rings is 1. The SMILES string of the molecule is C[C@@H](CCC(=O)c1ccnc(-c2cnn3ccc(-c4cccs4)nc23)c1)NCC(F)F. The number of carbonyl (C=O) groups is 1. The number of aromatic nitrogens is 4. The molecule has 4 aromatic rings. The Morgan fingerprint density at radius 3 is 2.90 bits per heavy atom. The van der Waals surface area contributed by atoms with E-state index in [0.29, 0.717) is 23.3 Å². The van der Waals surface area contributed by atoms with Crippen molar-refractivity contribution in [1.29, 1.82) is 0 Å². The van der Waals surface area contributed by atoms with Crippen molar-refractivity contribution in [2.45, 2.75) is 32.2 Å². The summed E-state index contributed by atoms with van der Waals surface area (Å²) in [5, 5.41) is 9.07. The number of Topliss-reactive ketones (excluding diaryl/α,β-unsaturated/α-hetero) is 1. The number of nitrogens with one attached hydrogen (secondary N) is 1. The predicted molar refractivity (Wildman–Crippen MR) is 117 cm³/mol. The zero-order valence-electron chi connectivity index (χ0n) is 16.8. The van der Waals surface area contributed by atoms with Gasteiger partial charge in [0.2, 0.25) is 0 Å². The summed E-state index contributed by atoms with van der Waals surface area (Å²) in [4.78, 5) is 22.9. The molecule has 1 atom stereocenters. The maximum Gasteiger partial charge on any atom is 0.250 e. The number of alkyl halides is 2. The standard InChI is InChI=1S/C22H21F2N5OS/c1-14(26-13-21(23)24)4-5-19(30)15-6-8-25-18(11-15)16-12-27-29-9-7-17(28-22(16)29)20-3-2-10-31-20/h2-3,6-12,14,21,26H,4-5,13H2,1H3/t14-/m0/s1. The zero-order valence-corrected chi connectivity index (χ0v) is 17.6. The van der Waals surface area contributed by atoms with Crippen molar-refractivity contribution in [3.63, 3.8) is 0 Å². The van der Waals surface area contributed by atoms with Crippen molar-refractivity contribution < 1.29 is 13.6 Å². The minimum Gasteiger partial charge on any atom is -0.309 e. The number of halogens is 2. The van der Waals surface area contributed by atoms with Crippen LogP contribution in [0, 0.1) is 0 Å². The lowest BCUT2D eigenvalue weighted by Crippen LogP contribution is -2.31. The summed E-state index contributed by atoms with van der Waals surface area (Å²) in [6, 6.07) is 9.12. The second-order valence-electron chi connectivity index (χ2n) is 7.21. The van der Waals surface area contributed by atoms with Gasteiger partial charge in [-0.25, -0.2) is 18.3 Å². The third-order valence-electron chi connectivity index (χ3n) is 4.93. The highest BCUT2D eigenvalue weighted by Crippen LogP contribution is 2.27. The van der Waals surface area contributed by atoms with Crippen LogP contribution in [0.2, 0.25) is 0 Å². The Kier molecular flexibility index (Phi) is 6.43. The molecule has 9 heteroatoms. The van der Waals surface area contributed by atoms with E-state index in [4.69, 9.17) is 4.98 Å². The van der Waals surface area contributed by atoms with E-state index in [9.17, 15) is 13.6 Å². The second-order valence-corrected chi connectivity index (χ2v) is 8.16. The van der Waals surface area contributed by atoms with Crippen LogP contribution in [0.5, 0.6) is 0 Å². The summed E-state index contributed by atoms with van der Waals surface area (Å²) < 4.78 is 26.3. The molecule has 4 rings (SSSR count). The molecule has 0 aliphatic carbocycles. The van der Waals surface area contributed by atoms with Gasteiger partial charge in [-0.15, -0.1) is 11.3 Å². The zero-order chi connectivity index (χ0) is 21.8. The average Bonchev–Trinajstić information content (AvgIpc) is 3.45. The van der Waals surface area contributed by atoms with Gasteiger partial charge in [0.25, 0.3) is 6.43 Å². The first-order valence-corrected chi connectivity index (χ1v) is 10.8. The van der Waals surface area contributed by atoms with Crippen LogP contribution in [0.4, 0.5) is 8.78 Å². The van der Waals surface area contributed by atoms with Gasteiger partial charge in [0.05, 0.1) is 34.6 Å². The highest BCUT2D eigenvalue weighted by atomic mass is 32.1. The minimum atomic E-state index is -2.40. The molecule has 0 spiro atoms. The number of rotatable bonds is 9. The molecule has 0 bridgehead atoms. The van der Waals surface area contributed by atoms with E-state index in [1.54, 1.807) is 47.3 Å². The number of carbonyl (C=O) groups excluding carboxylic acids is 1. The number of nitrogens with zero attached hydrogens (tertiary/aromatic N) is 4. The fraction of sp³-hybridized carbons (Fsp3) is 0.273. The van der Waals surface area contributed by atoms with Gasteiger partial charge in [-0.3, -0.25) is 9.78 Å². The first-order valence-electron chi connectivity index (χ1n) is 9.90. The number of pyridine rings is 1. The Hall–Kier alpha value is -3.04. The number of fused-ring (bicyclic) bond motifs is 1. The fourth-order valence-electron chi connectivity index (χ4n) is 3.25. The van der Waals surface area contributed by atoms with Crippen molar-refractivity contribution in [3.8, 4) is 21.8 Å². The van der Waals surface area contributed by atoms with Gasteiger partial charge in [-0.2, -0.15) is 5.10 Å². The Morgan fingerprint density at radius 1 is 1.26 bits per heavy atom. The maximum atomic E-state index is 12.6. The third-order valence-corrected chi connectivity index (χ3v) is 5.82. The Morgan fingerprint density at radius 2 is 2.13 bits per heavy atom. The van der Waals surface area contributed by atoms with Crippen LogP contribution >= 0.6 is 11.3 Å². The summed E-state index contributed by atoms with van der Waals surface area (Å²) in [6.45, 7) is 1.42. The largest absolute Gasteiger partial charge is 0.309 e. The topological polar surface area (TPSA) is 72.2 Å². The minimum absolute atomic E-state index is 0.0574. The molecule has 0 saturated heterocycles. The molecule has 4 heterocycles. The second kappa shape index (κ2) is 9.40. The molecule has 1 N–H and O–H groups in total. The van der Waals surface area contributed by atoms with E-state index in [2.05, 4.69) is 15.4 Å². The molecule has 0 amide bonds. The molecule has 0 aromatic carbocycles. The molecule has 0 fully saturated rings. The fourth-order valence-corrected chi connectivity index (χ4v) is 3.94. The first-order chi connectivity index (χ1) is 15.0. The van der Waals surface area contributed by atoms with E-state index >= 15 is 0 Å². The van der Waals surface area contributed by atoms with Crippen LogP contribution in [0.15, 0.2) is 54.3 Å². The molecule has 4 aromatic heterocycles. The Labute approximate surface area is 182 Å². The molecular formula is C22H21F2N5OS. The molecule has 31 heavy (non-hydrogen) atoms. The summed E-state index contributed by atoms with van der Waals surface area (Å²) in [5.41, 5.74) is 3.38. The van der Waals surface area contributed by atoms with Crippen LogP contribution in [0.25, 0.3) is 27.5 Å². The van der Waals surface area contributed by atoms with Crippen LogP contribution in [0.3, 0.4) is 0 Å². The molecule has 0 unspecified atom stereocenters. The van der Waals surface area contributed by atoms with Crippen molar-refractivity contribution >= 4 is 22.8 Å². The van der Waals surface area contributed by atoms with E-state index in [1.165, 1.54) is 0 Å². The highest BCUT2D eigenvalue weighted by molar-refractivity contribution is 7.13. The first kappa shape index (κ1) is 21.2. The van der Waals surface area contributed by atoms with E-state index in [-0.39, 0.29) is 24.8 Å². The third kappa shape index (κ3) is 5.00. The summed E-state index contributed by atoms with van der Waals surface area (Å²) in [5.74, 6) is -0.0574. The lowest BCUT2D eigenvalue weighted by atomic mass is 10.0. The summed E-state index contributed by atoms with van der Waals surface area (Å²) in [7, 11) is 0. The molecule has 6 nitrogen and oxygen atoms in total. The lowest BCUT2D eigenvalue weighted by Gasteiger charge is -2.12.